The summed E-state index contributed by atoms with van der Waals surface area (Å²) in [5.74, 6) is -4.62. The van der Waals surface area contributed by atoms with Crippen LogP contribution in [0.4, 0.5) is 0 Å². The Morgan fingerprint density at radius 3 is 1.74 bits per heavy atom. The van der Waals surface area contributed by atoms with Crippen LogP contribution >= 0.6 is 0 Å². The normalized spacial score (nSPS) is 10.6. The minimum atomic E-state index is -4.02. The molecule has 0 saturated carbocycles. The highest BCUT2D eigenvalue weighted by Crippen LogP contribution is 2.30. The van der Waals surface area contributed by atoms with Gasteiger partial charge in [-0.2, -0.15) is 0 Å². The summed E-state index contributed by atoms with van der Waals surface area (Å²) in [6.45, 7) is 0. The van der Waals surface area contributed by atoms with E-state index in [4.69, 9.17) is 4.74 Å². The number of nitrogens with zero attached hydrogens (tertiary/aromatic N) is 3. The third kappa shape index (κ3) is 2.34. The van der Waals surface area contributed by atoms with E-state index in [0.717, 1.165) is 6.07 Å². The van der Waals surface area contributed by atoms with Crippen molar-refractivity contribution in [2.24, 2.45) is 0 Å². The Hall–Kier alpha value is -2.98. The van der Waals surface area contributed by atoms with Crippen LogP contribution in [0.3, 0.4) is 0 Å². The summed E-state index contributed by atoms with van der Waals surface area (Å²) in [5, 5.41) is 32.0. The van der Waals surface area contributed by atoms with Gasteiger partial charge in [-0.25, -0.2) is 30.3 Å². The Bertz CT molecular complexity index is 494. The summed E-state index contributed by atoms with van der Waals surface area (Å²) in [5.41, 5.74) is 0. The number of hydrogen-bond donors (Lipinski definition) is 0. The minimum absolute atomic E-state index is 0.113. The van der Waals surface area contributed by atoms with Gasteiger partial charge in [-0.15, -0.1) is 0 Å². The van der Waals surface area contributed by atoms with Crippen LogP contribution in [0.15, 0.2) is 24.3 Å². The fourth-order valence-electron chi connectivity index (χ4n) is 1.16. The van der Waals surface area contributed by atoms with Crippen molar-refractivity contribution in [2.45, 2.75) is 5.97 Å². The van der Waals surface area contributed by atoms with Crippen molar-refractivity contribution in [3.8, 4) is 11.5 Å². The second kappa shape index (κ2) is 5.12. The Labute approximate surface area is 104 Å². The number of nitro groups is 3. The minimum Gasteiger partial charge on any atom is -0.493 e. The van der Waals surface area contributed by atoms with Gasteiger partial charge in [0.05, 0.1) is 7.11 Å². The van der Waals surface area contributed by atoms with Crippen molar-refractivity contribution in [1.82, 2.24) is 0 Å². The maximum Gasteiger partial charge on any atom is 0.890 e. The van der Waals surface area contributed by atoms with Crippen molar-refractivity contribution >= 4 is 0 Å². The van der Waals surface area contributed by atoms with Crippen LogP contribution in [0.1, 0.15) is 0 Å². The average Bonchev–Trinajstić information content (AvgIpc) is 2.34. The van der Waals surface area contributed by atoms with Gasteiger partial charge in [0.1, 0.15) is 0 Å². The lowest BCUT2D eigenvalue weighted by molar-refractivity contribution is -1.01. The molecule has 0 aliphatic rings. The SMILES string of the molecule is COc1ccccc1OC([N+](=O)[O-])([N+](=O)[O-])[N+](=O)[O-]. The first-order chi connectivity index (χ1) is 8.86. The molecule has 0 atom stereocenters. The molecular formula is C8H7N3O8. The third-order valence-electron chi connectivity index (χ3n) is 2.03. The second-order valence-electron chi connectivity index (χ2n) is 3.10. The number of rotatable bonds is 6. The van der Waals surface area contributed by atoms with Crippen LogP contribution in [0, 0.1) is 30.3 Å². The lowest BCUT2D eigenvalue weighted by Crippen LogP contribution is -2.58. The van der Waals surface area contributed by atoms with E-state index in [0.29, 0.717) is 0 Å². The summed E-state index contributed by atoms with van der Waals surface area (Å²) in [6, 6.07) is 5.13. The lowest BCUT2D eigenvalue weighted by Gasteiger charge is -2.11. The fraction of sp³-hybridized carbons (Fsp3) is 0.250. The molecule has 1 rings (SSSR count). The highest BCUT2D eigenvalue weighted by molar-refractivity contribution is 5.39. The Morgan fingerprint density at radius 1 is 0.947 bits per heavy atom. The highest BCUT2D eigenvalue weighted by atomic mass is 16.8. The molecule has 102 valence electrons. The van der Waals surface area contributed by atoms with E-state index in [1.165, 1.54) is 25.3 Å². The molecule has 0 bridgehead atoms. The van der Waals surface area contributed by atoms with Crippen molar-refractivity contribution in [2.75, 3.05) is 7.11 Å². The first-order valence-corrected chi connectivity index (χ1v) is 4.61. The van der Waals surface area contributed by atoms with Crippen molar-refractivity contribution in [1.29, 1.82) is 0 Å². The summed E-state index contributed by atoms with van der Waals surface area (Å²) >= 11 is 0. The van der Waals surface area contributed by atoms with Gasteiger partial charge in [0.15, 0.2) is 11.5 Å². The van der Waals surface area contributed by atoms with Crippen LogP contribution in [0.5, 0.6) is 11.5 Å². The van der Waals surface area contributed by atoms with Crippen LogP contribution < -0.4 is 9.47 Å². The van der Waals surface area contributed by atoms with Crippen LogP contribution in [-0.4, -0.2) is 27.9 Å². The van der Waals surface area contributed by atoms with E-state index in [-0.39, 0.29) is 5.75 Å². The smallest absolute Gasteiger partial charge is 0.493 e. The molecule has 0 aliphatic heterocycles. The maximum atomic E-state index is 10.7. The molecule has 0 aliphatic carbocycles. The van der Waals surface area contributed by atoms with E-state index < -0.39 is 26.5 Å². The van der Waals surface area contributed by atoms with Gasteiger partial charge in [-0.3, -0.25) is 0 Å². The van der Waals surface area contributed by atoms with E-state index in [1.807, 2.05) is 0 Å². The zero-order chi connectivity index (χ0) is 14.6. The molecule has 0 unspecified atom stereocenters. The first kappa shape index (κ1) is 14.1. The fourth-order valence-corrected chi connectivity index (χ4v) is 1.16. The molecule has 0 heterocycles. The molecule has 0 N–H and O–H groups in total. The number of ether oxygens (including phenoxy) is 2. The number of benzene rings is 1. The summed E-state index contributed by atoms with van der Waals surface area (Å²) < 4.78 is 9.12. The quantitative estimate of drug-likeness (QED) is 0.413. The van der Waals surface area contributed by atoms with Crippen molar-refractivity contribution in [3.63, 3.8) is 0 Å². The predicted molar refractivity (Wildman–Crippen MR) is 57.3 cm³/mol. The predicted octanol–water partition coefficient (Wildman–Crippen LogP) is 0.515. The molecule has 0 radical (unpaired) electrons. The maximum absolute atomic E-state index is 10.7. The van der Waals surface area contributed by atoms with E-state index in [1.54, 1.807) is 0 Å². The van der Waals surface area contributed by atoms with Crippen molar-refractivity contribution < 1.29 is 24.2 Å². The monoisotopic (exact) mass is 273 g/mol. The van der Waals surface area contributed by atoms with Gasteiger partial charge in [0.25, 0.3) is 0 Å². The third-order valence-corrected chi connectivity index (χ3v) is 2.03. The molecule has 11 heteroatoms. The molecule has 0 saturated heterocycles. The molecule has 0 amide bonds. The summed E-state index contributed by atoms with van der Waals surface area (Å²) in [7, 11) is 1.17. The highest BCUT2D eigenvalue weighted by Gasteiger charge is 2.76. The van der Waals surface area contributed by atoms with E-state index >= 15 is 0 Å². The summed E-state index contributed by atoms with van der Waals surface area (Å²) in [4.78, 5) is 26.8. The molecular weight excluding hydrogens is 266 g/mol. The van der Waals surface area contributed by atoms with E-state index in [2.05, 4.69) is 4.74 Å². The second-order valence-corrected chi connectivity index (χ2v) is 3.10. The van der Waals surface area contributed by atoms with Gasteiger partial charge in [0, 0.05) is 0 Å². The van der Waals surface area contributed by atoms with Crippen LogP contribution in [-0.2, 0) is 0 Å². The molecule has 1 aromatic rings. The van der Waals surface area contributed by atoms with Crippen LogP contribution in [0.2, 0.25) is 0 Å². The molecule has 0 fully saturated rings. The summed E-state index contributed by atoms with van der Waals surface area (Å²) in [6.07, 6.45) is 0. The zero-order valence-corrected chi connectivity index (χ0v) is 9.42. The van der Waals surface area contributed by atoms with Gasteiger partial charge in [0.2, 0.25) is 14.8 Å². The number of methoxy groups -OCH3 is 1. The average molecular weight is 273 g/mol. The molecule has 11 nitrogen and oxygen atoms in total. The molecule has 0 spiro atoms. The van der Waals surface area contributed by atoms with Crippen LogP contribution in [0.25, 0.3) is 0 Å². The van der Waals surface area contributed by atoms with Gasteiger partial charge in [-0.1, -0.05) is 12.1 Å². The standard InChI is InChI=1S/C8H7N3O8/c1-18-6-4-2-3-5-7(6)19-8(9(12)13,10(14)15)11(16)17/h2-5H,1H3. The number of para-hydroxylation sites is 2. The Kier molecular flexibility index (Phi) is 3.79. The lowest BCUT2D eigenvalue weighted by atomic mass is 10.3. The zero-order valence-electron chi connectivity index (χ0n) is 9.42. The Balaban J connectivity index is 3.33. The Morgan fingerprint density at radius 2 is 1.37 bits per heavy atom. The molecule has 19 heavy (non-hydrogen) atoms. The number of hydrogen-bond acceptors (Lipinski definition) is 8. The first-order valence-electron chi connectivity index (χ1n) is 4.61. The van der Waals surface area contributed by atoms with Gasteiger partial charge >= 0.3 is 5.97 Å². The molecule has 0 aromatic heterocycles. The largest absolute Gasteiger partial charge is 0.890 e. The van der Waals surface area contributed by atoms with E-state index in [9.17, 15) is 30.3 Å². The topological polar surface area (TPSA) is 148 Å². The molecule has 1 aromatic carbocycles. The van der Waals surface area contributed by atoms with Gasteiger partial charge < -0.3 is 9.47 Å². The van der Waals surface area contributed by atoms with Gasteiger partial charge in [-0.05, 0) is 12.1 Å². The van der Waals surface area contributed by atoms with Crippen molar-refractivity contribution in [3.05, 3.63) is 54.6 Å².